The second-order valence-electron chi connectivity index (χ2n) is 7.62. The van der Waals surface area contributed by atoms with E-state index in [4.69, 9.17) is 15.2 Å². The number of hydrogen-bond donors (Lipinski definition) is 2. The normalized spacial score (nSPS) is 17.2. The van der Waals surface area contributed by atoms with Gasteiger partial charge in [0.15, 0.2) is 0 Å². The molecular weight excluding hydrogens is 346 g/mol. The summed E-state index contributed by atoms with van der Waals surface area (Å²) in [5.74, 6) is 0.789. The van der Waals surface area contributed by atoms with Gasteiger partial charge in [0.25, 0.3) is 0 Å². The van der Waals surface area contributed by atoms with Crippen LogP contribution in [-0.2, 0) is 4.74 Å². The van der Waals surface area contributed by atoms with Gasteiger partial charge < -0.3 is 25.4 Å². The second kappa shape index (κ2) is 7.46. The van der Waals surface area contributed by atoms with Crippen molar-refractivity contribution in [1.82, 2.24) is 15.3 Å². The van der Waals surface area contributed by atoms with Gasteiger partial charge in [-0.15, -0.1) is 0 Å². The van der Waals surface area contributed by atoms with Crippen LogP contribution >= 0.6 is 0 Å². The van der Waals surface area contributed by atoms with Gasteiger partial charge in [-0.2, -0.15) is 9.97 Å². The number of rotatable bonds is 4. The molecule has 0 saturated carbocycles. The number of fused-ring (bicyclic) bond motifs is 1. The Morgan fingerprint density at radius 2 is 2.15 bits per heavy atom. The van der Waals surface area contributed by atoms with E-state index in [0.717, 1.165) is 29.7 Å². The summed E-state index contributed by atoms with van der Waals surface area (Å²) in [6.45, 7) is 9.33. The standard InChI is InChI=1S/C19H27N5O3/c1-5-26-17-22-15-10-12(20)6-7-14(15)16(23-17)24-9-8-13(11-24)21-18(25)27-19(2,3)4/h6-7,10,13H,5,8-9,11,20H2,1-4H3,(H,21,25)/t13-/m1/s1. The van der Waals surface area contributed by atoms with Crippen molar-refractivity contribution < 1.29 is 14.3 Å². The van der Waals surface area contributed by atoms with Gasteiger partial charge in [-0.25, -0.2) is 4.79 Å². The lowest BCUT2D eigenvalue weighted by molar-refractivity contribution is 0.0509. The molecule has 1 aromatic heterocycles. The van der Waals surface area contributed by atoms with Crippen molar-refractivity contribution in [3.8, 4) is 6.01 Å². The van der Waals surface area contributed by atoms with Gasteiger partial charge >= 0.3 is 12.1 Å². The second-order valence-corrected chi connectivity index (χ2v) is 7.62. The summed E-state index contributed by atoms with van der Waals surface area (Å²) in [5, 5.41) is 3.84. The van der Waals surface area contributed by atoms with Crippen molar-refractivity contribution in [2.24, 2.45) is 0 Å². The number of amides is 1. The molecule has 1 saturated heterocycles. The van der Waals surface area contributed by atoms with Crippen LogP contribution in [-0.4, -0.2) is 47.4 Å². The van der Waals surface area contributed by atoms with Crippen LogP contribution in [0.1, 0.15) is 34.1 Å². The number of alkyl carbamates (subject to hydrolysis) is 1. The number of aromatic nitrogens is 2. The zero-order valence-electron chi connectivity index (χ0n) is 16.3. The maximum absolute atomic E-state index is 12.0. The van der Waals surface area contributed by atoms with Crippen LogP contribution in [0.2, 0.25) is 0 Å². The highest BCUT2D eigenvalue weighted by atomic mass is 16.6. The van der Waals surface area contributed by atoms with Gasteiger partial charge in [-0.1, -0.05) is 0 Å². The Morgan fingerprint density at radius 3 is 2.85 bits per heavy atom. The number of nitrogens with one attached hydrogen (secondary N) is 1. The number of ether oxygens (including phenoxy) is 2. The van der Waals surface area contributed by atoms with Crippen molar-refractivity contribution in [2.75, 3.05) is 30.3 Å². The van der Waals surface area contributed by atoms with Crippen molar-refractivity contribution in [3.63, 3.8) is 0 Å². The number of nitrogens with zero attached hydrogens (tertiary/aromatic N) is 3. The van der Waals surface area contributed by atoms with E-state index in [9.17, 15) is 4.79 Å². The lowest BCUT2D eigenvalue weighted by atomic mass is 10.2. The average molecular weight is 373 g/mol. The molecule has 0 bridgehead atoms. The summed E-state index contributed by atoms with van der Waals surface area (Å²) >= 11 is 0. The molecule has 1 aliphatic rings. The third-order valence-electron chi connectivity index (χ3n) is 4.16. The molecule has 146 valence electrons. The van der Waals surface area contributed by atoms with Crippen LogP contribution in [0.4, 0.5) is 16.3 Å². The third-order valence-corrected chi connectivity index (χ3v) is 4.16. The maximum Gasteiger partial charge on any atom is 0.407 e. The van der Waals surface area contributed by atoms with E-state index in [-0.39, 0.29) is 6.04 Å². The van der Waals surface area contributed by atoms with Crippen molar-refractivity contribution >= 4 is 28.5 Å². The molecule has 1 atom stereocenters. The third kappa shape index (κ3) is 4.69. The number of carbonyl (C=O) groups is 1. The number of nitrogens with two attached hydrogens (primary N) is 1. The van der Waals surface area contributed by atoms with E-state index in [1.54, 1.807) is 0 Å². The average Bonchev–Trinajstić information content (AvgIpc) is 3.00. The lowest BCUT2D eigenvalue weighted by Gasteiger charge is -2.22. The van der Waals surface area contributed by atoms with E-state index < -0.39 is 11.7 Å². The Morgan fingerprint density at radius 1 is 1.37 bits per heavy atom. The minimum absolute atomic E-state index is 0.00538. The smallest absolute Gasteiger partial charge is 0.407 e. The van der Waals surface area contributed by atoms with Gasteiger partial charge in [0.1, 0.15) is 11.4 Å². The number of nitrogen functional groups attached to an aromatic ring is 1. The van der Waals surface area contributed by atoms with E-state index in [2.05, 4.69) is 20.2 Å². The molecule has 0 aliphatic carbocycles. The SMILES string of the molecule is CCOc1nc(N2CC[C@@H](NC(=O)OC(C)(C)C)C2)c2ccc(N)cc2n1. The van der Waals surface area contributed by atoms with Crippen molar-refractivity contribution in [2.45, 2.75) is 45.8 Å². The van der Waals surface area contributed by atoms with Gasteiger partial charge in [0, 0.05) is 24.2 Å². The summed E-state index contributed by atoms with van der Waals surface area (Å²) in [4.78, 5) is 23.2. The van der Waals surface area contributed by atoms with Gasteiger partial charge in [-0.3, -0.25) is 0 Å². The fraction of sp³-hybridized carbons (Fsp3) is 0.526. The number of benzene rings is 1. The molecule has 0 unspecified atom stereocenters. The Balaban J connectivity index is 1.80. The Bertz CT molecular complexity index is 834. The molecule has 1 amide bonds. The van der Waals surface area contributed by atoms with Crippen LogP contribution in [0.15, 0.2) is 18.2 Å². The van der Waals surface area contributed by atoms with Gasteiger partial charge in [-0.05, 0) is 52.3 Å². The molecule has 1 fully saturated rings. The van der Waals surface area contributed by atoms with E-state index in [1.165, 1.54) is 0 Å². The minimum Gasteiger partial charge on any atom is -0.464 e. The molecule has 3 N–H and O–H groups in total. The monoisotopic (exact) mass is 373 g/mol. The molecule has 1 aliphatic heterocycles. The Labute approximate surface area is 159 Å². The predicted molar refractivity (Wildman–Crippen MR) is 105 cm³/mol. The first-order valence-electron chi connectivity index (χ1n) is 9.19. The highest BCUT2D eigenvalue weighted by Crippen LogP contribution is 2.30. The zero-order chi connectivity index (χ0) is 19.6. The van der Waals surface area contributed by atoms with Crippen LogP contribution in [0.5, 0.6) is 6.01 Å². The minimum atomic E-state index is -0.516. The molecule has 1 aromatic carbocycles. The molecular formula is C19H27N5O3. The summed E-state index contributed by atoms with van der Waals surface area (Å²) in [6.07, 6.45) is 0.411. The first kappa shape index (κ1) is 19.0. The predicted octanol–water partition coefficient (Wildman–Crippen LogP) is 2.71. The highest BCUT2D eigenvalue weighted by molar-refractivity contribution is 5.92. The first-order chi connectivity index (χ1) is 12.7. The molecule has 2 heterocycles. The maximum atomic E-state index is 12.0. The first-order valence-corrected chi connectivity index (χ1v) is 9.19. The Hall–Kier alpha value is -2.77. The Kier molecular flexibility index (Phi) is 5.25. The van der Waals surface area contributed by atoms with Crippen LogP contribution < -0.4 is 20.7 Å². The molecule has 0 radical (unpaired) electrons. The van der Waals surface area contributed by atoms with Crippen molar-refractivity contribution in [3.05, 3.63) is 18.2 Å². The van der Waals surface area contributed by atoms with Crippen molar-refractivity contribution in [1.29, 1.82) is 0 Å². The summed E-state index contributed by atoms with van der Waals surface area (Å²) in [7, 11) is 0. The largest absolute Gasteiger partial charge is 0.464 e. The number of anilines is 2. The molecule has 27 heavy (non-hydrogen) atoms. The van der Waals surface area contributed by atoms with Gasteiger partial charge in [0.2, 0.25) is 0 Å². The van der Waals surface area contributed by atoms with Crippen LogP contribution in [0.3, 0.4) is 0 Å². The molecule has 3 rings (SSSR count). The summed E-state index contributed by atoms with van der Waals surface area (Å²) in [6, 6.07) is 5.89. The zero-order valence-corrected chi connectivity index (χ0v) is 16.3. The highest BCUT2D eigenvalue weighted by Gasteiger charge is 2.28. The lowest BCUT2D eigenvalue weighted by Crippen LogP contribution is -2.40. The fourth-order valence-electron chi connectivity index (χ4n) is 3.09. The van der Waals surface area contributed by atoms with Crippen LogP contribution in [0.25, 0.3) is 10.9 Å². The van der Waals surface area contributed by atoms with Gasteiger partial charge in [0.05, 0.1) is 18.2 Å². The number of hydrogen-bond acceptors (Lipinski definition) is 7. The quantitative estimate of drug-likeness (QED) is 0.794. The van der Waals surface area contributed by atoms with E-state index >= 15 is 0 Å². The number of carbonyl (C=O) groups excluding carboxylic acids is 1. The molecule has 8 heteroatoms. The van der Waals surface area contributed by atoms with E-state index in [1.807, 2.05) is 45.9 Å². The molecule has 0 spiro atoms. The fourth-order valence-corrected chi connectivity index (χ4v) is 3.09. The van der Waals surface area contributed by atoms with E-state index in [0.29, 0.717) is 24.8 Å². The summed E-state index contributed by atoms with van der Waals surface area (Å²) in [5.41, 5.74) is 6.77. The summed E-state index contributed by atoms with van der Waals surface area (Å²) < 4.78 is 10.9. The molecule has 2 aromatic rings. The topological polar surface area (TPSA) is 103 Å². The molecule has 8 nitrogen and oxygen atoms in total. The van der Waals surface area contributed by atoms with Crippen LogP contribution in [0, 0.1) is 0 Å².